The van der Waals surface area contributed by atoms with E-state index in [2.05, 4.69) is 9.97 Å². The topological polar surface area (TPSA) is 97.2 Å². The Morgan fingerprint density at radius 3 is 2.68 bits per heavy atom. The van der Waals surface area contributed by atoms with Crippen LogP contribution < -0.4 is 0 Å². The number of H-pyrrole nitrogens is 1. The molecule has 0 radical (unpaired) electrons. The number of hydrogen-bond acceptors (Lipinski definition) is 5. The number of para-hydroxylation sites is 3. The number of thioether (sulfide) groups is 1. The number of carbonyl (C=O) groups is 2. The highest BCUT2D eigenvalue weighted by atomic mass is 32.2. The Balaban J connectivity index is 1.77. The molecule has 31 heavy (non-hydrogen) atoms. The molecule has 0 aliphatic heterocycles. The van der Waals surface area contributed by atoms with Crippen molar-refractivity contribution in [2.75, 3.05) is 6.61 Å². The Kier molecular flexibility index (Phi) is 5.81. The van der Waals surface area contributed by atoms with E-state index in [9.17, 15) is 14.7 Å². The summed E-state index contributed by atoms with van der Waals surface area (Å²) >= 11 is 1.06. The van der Waals surface area contributed by atoms with E-state index in [0.29, 0.717) is 11.8 Å². The van der Waals surface area contributed by atoms with Crippen LogP contribution in [-0.4, -0.2) is 38.2 Å². The number of aromatic nitrogens is 3. The molecule has 8 heteroatoms. The average Bonchev–Trinajstić information content (AvgIpc) is 3.27. The number of carboxylic acids is 1. The fraction of sp³-hybridized carbons (Fsp3) is 0.174. The number of aromatic amines is 1. The molecule has 2 aromatic heterocycles. The van der Waals surface area contributed by atoms with Crippen LogP contribution in [0, 0.1) is 6.92 Å². The number of esters is 1. The molecule has 0 aliphatic rings. The average molecular weight is 436 g/mol. The Morgan fingerprint density at radius 1 is 1.19 bits per heavy atom. The van der Waals surface area contributed by atoms with Gasteiger partial charge >= 0.3 is 11.9 Å². The van der Waals surface area contributed by atoms with Gasteiger partial charge in [-0.3, -0.25) is 4.79 Å². The number of nitrogens with one attached hydrogen (secondary N) is 1. The van der Waals surface area contributed by atoms with Gasteiger partial charge in [0.1, 0.15) is 11.4 Å². The summed E-state index contributed by atoms with van der Waals surface area (Å²) in [5.74, 6) is -1.39. The molecule has 4 rings (SSSR count). The van der Waals surface area contributed by atoms with Gasteiger partial charge in [0.05, 0.1) is 17.6 Å². The van der Waals surface area contributed by atoms with Crippen LogP contribution in [0.4, 0.5) is 0 Å². The van der Waals surface area contributed by atoms with Crippen molar-refractivity contribution < 1.29 is 19.4 Å². The van der Waals surface area contributed by atoms with E-state index in [-0.39, 0.29) is 17.4 Å². The predicted molar refractivity (Wildman–Crippen MR) is 121 cm³/mol. The van der Waals surface area contributed by atoms with Gasteiger partial charge in [0.25, 0.3) is 0 Å². The smallest absolute Gasteiger partial charge is 0.342 e. The zero-order valence-corrected chi connectivity index (χ0v) is 17.9. The minimum Gasteiger partial charge on any atom is -0.477 e. The first-order valence-corrected chi connectivity index (χ1v) is 10.6. The second-order valence-corrected chi connectivity index (χ2v) is 7.91. The van der Waals surface area contributed by atoms with Crippen molar-refractivity contribution in [3.05, 3.63) is 64.7 Å². The zero-order valence-electron chi connectivity index (χ0n) is 17.1. The van der Waals surface area contributed by atoms with Crippen molar-refractivity contribution >= 4 is 51.7 Å². The highest BCUT2D eigenvalue weighted by Crippen LogP contribution is 2.33. The maximum Gasteiger partial charge on any atom is 0.342 e. The lowest BCUT2D eigenvalue weighted by molar-refractivity contribution is -0.143. The summed E-state index contributed by atoms with van der Waals surface area (Å²) in [6.07, 6.45) is 1.64. The van der Waals surface area contributed by atoms with E-state index in [1.54, 1.807) is 13.0 Å². The van der Waals surface area contributed by atoms with Crippen molar-refractivity contribution in [2.24, 2.45) is 0 Å². The van der Waals surface area contributed by atoms with Crippen molar-refractivity contribution in [3.8, 4) is 0 Å². The van der Waals surface area contributed by atoms with E-state index >= 15 is 0 Å². The summed E-state index contributed by atoms with van der Waals surface area (Å²) in [4.78, 5) is 31.9. The number of ether oxygens (including phenoxy) is 1. The summed E-state index contributed by atoms with van der Waals surface area (Å²) in [6.45, 7) is 4.01. The van der Waals surface area contributed by atoms with Crippen LogP contribution in [0.1, 0.15) is 18.2 Å². The third-order valence-corrected chi connectivity index (χ3v) is 5.83. The third-order valence-electron chi connectivity index (χ3n) is 4.93. The lowest BCUT2D eigenvalue weighted by Gasteiger charge is -2.08. The summed E-state index contributed by atoms with van der Waals surface area (Å²) in [7, 11) is 0. The summed E-state index contributed by atoms with van der Waals surface area (Å²) in [6, 6.07) is 15.1. The van der Waals surface area contributed by atoms with E-state index in [1.807, 2.05) is 60.0 Å². The van der Waals surface area contributed by atoms with Gasteiger partial charge in [-0.25, -0.2) is 9.78 Å². The number of fused-ring (bicyclic) bond motifs is 2. The first-order valence-electron chi connectivity index (χ1n) is 9.79. The van der Waals surface area contributed by atoms with Crippen molar-refractivity contribution in [3.63, 3.8) is 0 Å². The van der Waals surface area contributed by atoms with Crippen LogP contribution in [0.5, 0.6) is 0 Å². The third kappa shape index (κ3) is 4.20. The van der Waals surface area contributed by atoms with Crippen molar-refractivity contribution in [1.29, 1.82) is 0 Å². The monoisotopic (exact) mass is 435 g/mol. The van der Waals surface area contributed by atoms with E-state index in [4.69, 9.17) is 4.74 Å². The Morgan fingerprint density at radius 2 is 1.94 bits per heavy atom. The van der Waals surface area contributed by atoms with Gasteiger partial charge in [-0.2, -0.15) is 0 Å². The molecule has 0 amide bonds. The summed E-state index contributed by atoms with van der Waals surface area (Å²) < 4.78 is 6.95. The molecule has 0 saturated heterocycles. The number of nitrogens with zero attached hydrogens (tertiary/aromatic N) is 2. The maximum atomic E-state index is 12.1. The standard InChI is InChI=1S/C23H21N3O4S/c1-3-30-21(27)13-26-14(2)16(15-8-4-7-11-19(15)26)12-20(22(28)29)31-23-24-17-9-5-6-10-18(17)25-23/h4-12H,3,13H2,1-2H3,(H,24,25)(H,28,29)/b20-12-. The fourth-order valence-corrected chi connectivity index (χ4v) is 4.30. The number of carboxylic acid groups (broad SMARTS) is 1. The minimum atomic E-state index is -1.05. The number of imidazole rings is 1. The van der Waals surface area contributed by atoms with Gasteiger partial charge < -0.3 is 19.4 Å². The van der Waals surface area contributed by atoms with Gasteiger partial charge in [-0.1, -0.05) is 30.3 Å². The molecule has 2 heterocycles. The number of rotatable bonds is 7. The Bertz CT molecular complexity index is 1290. The molecule has 0 spiro atoms. The van der Waals surface area contributed by atoms with Gasteiger partial charge in [-0.15, -0.1) is 0 Å². The largest absolute Gasteiger partial charge is 0.477 e. The van der Waals surface area contributed by atoms with E-state index in [0.717, 1.165) is 45.0 Å². The Hall–Kier alpha value is -3.52. The molecular weight excluding hydrogens is 414 g/mol. The lowest BCUT2D eigenvalue weighted by atomic mass is 10.1. The molecule has 2 aromatic carbocycles. The number of benzene rings is 2. The van der Waals surface area contributed by atoms with Crippen LogP contribution in [0.2, 0.25) is 0 Å². The summed E-state index contributed by atoms with van der Waals surface area (Å²) in [5, 5.41) is 11.2. The SMILES string of the molecule is CCOC(=O)Cn1c(C)c(/C=C(\Sc2nc3ccccc3[nH]2)C(=O)O)c2ccccc21. The van der Waals surface area contributed by atoms with Gasteiger partial charge in [0.15, 0.2) is 5.16 Å². The van der Waals surface area contributed by atoms with Gasteiger partial charge in [0.2, 0.25) is 0 Å². The molecule has 4 aromatic rings. The molecule has 0 aliphatic carbocycles. The van der Waals surface area contributed by atoms with Crippen LogP contribution >= 0.6 is 11.8 Å². The van der Waals surface area contributed by atoms with E-state index in [1.165, 1.54) is 0 Å². The maximum absolute atomic E-state index is 12.1. The number of carbonyl (C=O) groups excluding carboxylic acids is 1. The number of aliphatic carboxylic acids is 1. The fourth-order valence-electron chi connectivity index (χ4n) is 3.53. The second kappa shape index (κ2) is 8.69. The lowest BCUT2D eigenvalue weighted by Crippen LogP contribution is -2.14. The Labute approximate surface area is 182 Å². The van der Waals surface area contributed by atoms with Crippen molar-refractivity contribution in [2.45, 2.75) is 25.5 Å². The van der Waals surface area contributed by atoms with E-state index < -0.39 is 5.97 Å². The first-order chi connectivity index (χ1) is 15.0. The zero-order chi connectivity index (χ0) is 22.0. The highest BCUT2D eigenvalue weighted by molar-refractivity contribution is 8.04. The predicted octanol–water partition coefficient (Wildman–Crippen LogP) is 4.61. The molecule has 158 valence electrons. The van der Waals surface area contributed by atoms with Crippen LogP contribution in [0.25, 0.3) is 28.0 Å². The quantitative estimate of drug-likeness (QED) is 0.250. The summed E-state index contributed by atoms with van der Waals surface area (Å²) in [5.41, 5.74) is 4.01. The van der Waals surface area contributed by atoms with Crippen LogP contribution in [0.3, 0.4) is 0 Å². The van der Waals surface area contributed by atoms with Gasteiger partial charge in [0, 0.05) is 22.2 Å². The first kappa shape index (κ1) is 20.7. The molecule has 2 N–H and O–H groups in total. The normalized spacial score (nSPS) is 11.9. The van der Waals surface area contributed by atoms with Crippen LogP contribution in [0.15, 0.2) is 58.6 Å². The van der Waals surface area contributed by atoms with Gasteiger partial charge in [-0.05, 0) is 49.9 Å². The highest BCUT2D eigenvalue weighted by Gasteiger charge is 2.19. The van der Waals surface area contributed by atoms with Crippen LogP contribution in [-0.2, 0) is 20.9 Å². The molecule has 0 saturated carbocycles. The minimum absolute atomic E-state index is 0.0626. The molecule has 0 unspecified atom stereocenters. The molecular formula is C23H21N3O4S. The number of hydrogen-bond donors (Lipinski definition) is 2. The molecule has 0 bridgehead atoms. The van der Waals surface area contributed by atoms with Crippen molar-refractivity contribution in [1.82, 2.24) is 14.5 Å². The molecule has 0 fully saturated rings. The second-order valence-electron chi connectivity index (χ2n) is 6.88. The molecule has 0 atom stereocenters. The molecule has 7 nitrogen and oxygen atoms in total.